The molecule has 4 aromatic carbocycles. The number of fused-ring (bicyclic) bond motifs is 1. The molecular formula is C37H40N2O3Si. The zero-order chi connectivity index (χ0) is 29.7. The highest BCUT2D eigenvalue weighted by Gasteiger charge is 2.52. The fourth-order valence-electron chi connectivity index (χ4n) is 6.39. The fraction of sp³-hybridized carbons (Fsp3) is 0.270. The molecule has 1 aliphatic rings. The van der Waals surface area contributed by atoms with E-state index < -0.39 is 8.32 Å². The summed E-state index contributed by atoms with van der Waals surface area (Å²) in [5.41, 5.74) is 3.28. The van der Waals surface area contributed by atoms with Crippen LogP contribution in [0.2, 0.25) is 5.04 Å². The molecule has 43 heavy (non-hydrogen) atoms. The minimum atomic E-state index is -2.76. The lowest BCUT2D eigenvalue weighted by molar-refractivity contribution is -0.0957. The van der Waals surface area contributed by atoms with E-state index in [9.17, 15) is 0 Å². The normalized spacial score (nSPS) is 18.4. The molecular weight excluding hydrogens is 549 g/mol. The molecule has 5 nitrogen and oxygen atoms in total. The molecule has 0 fully saturated rings. The standard InChI is InChI=1S/C37H40N2O3Si/c1-37(2,3)43(31-20-12-6-13-21-31,32-22-14-7-15-23-32)42-27-34-36(41-26-30-18-10-5-11-19-30)35(33-24-38-28-39(33)34)40-25-29-16-8-4-9-17-29/h4-24,28,34-36H,25-27H2,1-3H3/t34-,35-,36+/m0/s1. The van der Waals surface area contributed by atoms with Crippen molar-refractivity contribution in [3.05, 3.63) is 151 Å². The minimum absolute atomic E-state index is 0.108. The zero-order valence-electron chi connectivity index (χ0n) is 25.2. The van der Waals surface area contributed by atoms with Gasteiger partial charge in [-0.1, -0.05) is 142 Å². The van der Waals surface area contributed by atoms with Crippen molar-refractivity contribution in [1.82, 2.24) is 9.55 Å². The van der Waals surface area contributed by atoms with Gasteiger partial charge in [0.25, 0.3) is 8.32 Å². The van der Waals surface area contributed by atoms with E-state index in [4.69, 9.17) is 13.9 Å². The Morgan fingerprint density at radius 1 is 0.674 bits per heavy atom. The maximum absolute atomic E-state index is 7.42. The number of benzene rings is 4. The molecule has 5 aromatic rings. The SMILES string of the molecule is CC(C)(C)[Si](OC[C@H]1[C@@H](OCc2ccccc2)[C@@H](OCc2ccccc2)c2cncn21)(c1ccccc1)c1ccccc1. The van der Waals surface area contributed by atoms with Crippen molar-refractivity contribution < 1.29 is 13.9 Å². The molecule has 0 amide bonds. The molecule has 0 saturated carbocycles. The highest BCUT2D eigenvalue weighted by Crippen LogP contribution is 2.43. The van der Waals surface area contributed by atoms with Crippen LogP contribution >= 0.6 is 0 Å². The maximum atomic E-state index is 7.42. The highest BCUT2D eigenvalue weighted by atomic mass is 28.4. The molecule has 1 aliphatic heterocycles. The number of hydrogen-bond acceptors (Lipinski definition) is 4. The van der Waals surface area contributed by atoms with Gasteiger partial charge in [-0.05, 0) is 26.5 Å². The van der Waals surface area contributed by atoms with E-state index in [1.807, 2.05) is 48.9 Å². The van der Waals surface area contributed by atoms with Gasteiger partial charge in [0.2, 0.25) is 0 Å². The van der Waals surface area contributed by atoms with Crippen LogP contribution in [0.4, 0.5) is 0 Å². The molecule has 0 unspecified atom stereocenters. The first-order valence-corrected chi connectivity index (χ1v) is 17.0. The van der Waals surface area contributed by atoms with Crippen molar-refractivity contribution in [3.8, 4) is 0 Å². The summed E-state index contributed by atoms with van der Waals surface area (Å²) in [4.78, 5) is 4.54. The van der Waals surface area contributed by atoms with Gasteiger partial charge in [-0.3, -0.25) is 0 Å². The predicted molar refractivity (Wildman–Crippen MR) is 174 cm³/mol. The molecule has 0 spiro atoms. The van der Waals surface area contributed by atoms with E-state index in [1.165, 1.54) is 10.4 Å². The van der Waals surface area contributed by atoms with Crippen molar-refractivity contribution in [2.45, 2.75) is 57.3 Å². The lowest BCUT2D eigenvalue weighted by Crippen LogP contribution is -2.67. The van der Waals surface area contributed by atoms with E-state index in [1.54, 1.807) is 0 Å². The Morgan fingerprint density at radius 3 is 1.67 bits per heavy atom. The van der Waals surface area contributed by atoms with Gasteiger partial charge in [-0.25, -0.2) is 4.98 Å². The van der Waals surface area contributed by atoms with Crippen LogP contribution in [0.25, 0.3) is 0 Å². The van der Waals surface area contributed by atoms with E-state index in [-0.39, 0.29) is 23.3 Å². The van der Waals surface area contributed by atoms with Gasteiger partial charge in [0, 0.05) is 0 Å². The van der Waals surface area contributed by atoms with Crippen LogP contribution in [-0.4, -0.2) is 30.6 Å². The smallest absolute Gasteiger partial charge is 0.261 e. The Bertz CT molecular complexity index is 1530. The van der Waals surface area contributed by atoms with Crippen molar-refractivity contribution in [2.75, 3.05) is 6.61 Å². The van der Waals surface area contributed by atoms with E-state index >= 15 is 0 Å². The molecule has 0 bridgehead atoms. The summed E-state index contributed by atoms with van der Waals surface area (Å²) < 4.78 is 23.0. The summed E-state index contributed by atoms with van der Waals surface area (Å²) in [5, 5.41) is 2.39. The quantitative estimate of drug-likeness (QED) is 0.158. The first-order valence-electron chi connectivity index (χ1n) is 15.1. The van der Waals surface area contributed by atoms with Gasteiger partial charge >= 0.3 is 0 Å². The maximum Gasteiger partial charge on any atom is 0.261 e. The van der Waals surface area contributed by atoms with Gasteiger partial charge in [-0.2, -0.15) is 0 Å². The van der Waals surface area contributed by atoms with Gasteiger partial charge in [-0.15, -0.1) is 0 Å². The van der Waals surface area contributed by atoms with Crippen molar-refractivity contribution >= 4 is 18.7 Å². The second-order valence-corrected chi connectivity index (χ2v) is 16.6. The van der Waals surface area contributed by atoms with Crippen molar-refractivity contribution in [1.29, 1.82) is 0 Å². The van der Waals surface area contributed by atoms with Gasteiger partial charge in [0.05, 0.1) is 44.1 Å². The highest BCUT2D eigenvalue weighted by molar-refractivity contribution is 6.99. The second-order valence-electron chi connectivity index (χ2n) is 12.2. The number of ether oxygens (including phenoxy) is 2. The molecule has 3 atom stereocenters. The first-order chi connectivity index (χ1) is 21.0. The Balaban J connectivity index is 1.35. The fourth-order valence-corrected chi connectivity index (χ4v) is 11.0. The molecule has 1 aromatic heterocycles. The second kappa shape index (κ2) is 12.8. The largest absolute Gasteiger partial charge is 0.405 e. The summed E-state index contributed by atoms with van der Waals surface area (Å²) in [6, 6.07) is 42.1. The molecule has 0 radical (unpaired) electrons. The Kier molecular flexibility index (Phi) is 8.72. The van der Waals surface area contributed by atoms with Crippen molar-refractivity contribution in [2.24, 2.45) is 0 Å². The van der Waals surface area contributed by atoms with Crippen LogP contribution in [-0.2, 0) is 27.1 Å². The van der Waals surface area contributed by atoms with E-state index in [0.717, 1.165) is 16.8 Å². The summed E-state index contributed by atoms with van der Waals surface area (Å²) in [7, 11) is -2.76. The number of hydrogen-bond donors (Lipinski definition) is 0. The molecule has 220 valence electrons. The Labute approximate surface area is 256 Å². The van der Waals surface area contributed by atoms with E-state index in [0.29, 0.717) is 19.8 Å². The summed E-state index contributed by atoms with van der Waals surface area (Å²) in [6.07, 6.45) is 3.29. The number of aromatic nitrogens is 2. The van der Waals surface area contributed by atoms with Gasteiger partial charge in [0.15, 0.2) is 0 Å². The third kappa shape index (κ3) is 6.01. The van der Waals surface area contributed by atoms with Crippen molar-refractivity contribution in [3.63, 3.8) is 0 Å². The summed E-state index contributed by atoms with van der Waals surface area (Å²) in [5.74, 6) is 0. The average Bonchev–Trinajstić information content (AvgIpc) is 3.62. The minimum Gasteiger partial charge on any atom is -0.405 e. The molecule has 0 saturated heterocycles. The lowest BCUT2D eigenvalue weighted by atomic mass is 10.1. The van der Waals surface area contributed by atoms with E-state index in [2.05, 4.69) is 115 Å². The van der Waals surface area contributed by atoms with Crippen LogP contribution in [0.1, 0.15) is 49.7 Å². The van der Waals surface area contributed by atoms with Crippen LogP contribution in [0.5, 0.6) is 0 Å². The van der Waals surface area contributed by atoms with Crippen LogP contribution in [0.3, 0.4) is 0 Å². The number of rotatable bonds is 11. The zero-order valence-corrected chi connectivity index (χ0v) is 26.2. The molecule has 2 heterocycles. The van der Waals surface area contributed by atoms with Crippen LogP contribution in [0.15, 0.2) is 134 Å². The summed E-state index contributed by atoms with van der Waals surface area (Å²) >= 11 is 0. The van der Waals surface area contributed by atoms with Crippen LogP contribution < -0.4 is 10.4 Å². The van der Waals surface area contributed by atoms with Gasteiger partial charge in [0.1, 0.15) is 12.2 Å². The lowest BCUT2D eigenvalue weighted by Gasteiger charge is -2.44. The molecule has 0 N–H and O–H groups in total. The summed E-state index contributed by atoms with van der Waals surface area (Å²) in [6.45, 7) is 8.39. The Morgan fingerprint density at radius 2 is 1.16 bits per heavy atom. The topological polar surface area (TPSA) is 45.5 Å². The molecule has 6 rings (SSSR count). The molecule has 0 aliphatic carbocycles. The Hall–Kier alpha value is -3.81. The number of imidazole rings is 1. The average molecular weight is 589 g/mol. The molecule has 6 heteroatoms. The van der Waals surface area contributed by atoms with Crippen LogP contribution in [0, 0.1) is 0 Å². The van der Waals surface area contributed by atoms with Gasteiger partial charge < -0.3 is 18.5 Å². The predicted octanol–water partition coefficient (Wildman–Crippen LogP) is 6.86. The third-order valence-corrected chi connectivity index (χ3v) is 13.5. The first kappa shape index (κ1) is 29.3. The third-order valence-electron chi connectivity index (χ3n) is 8.47. The number of nitrogens with zero attached hydrogens (tertiary/aromatic N) is 2. The monoisotopic (exact) mass is 588 g/mol.